The first-order valence-corrected chi connectivity index (χ1v) is 6.02. The second kappa shape index (κ2) is 4.52. The molecule has 3 N–H and O–H groups in total. The minimum atomic E-state index is -3.50. The lowest BCUT2D eigenvalue weighted by atomic mass is 10.0. The van der Waals surface area contributed by atoms with Gasteiger partial charge in [0.2, 0.25) is 0 Å². The van der Waals surface area contributed by atoms with E-state index in [9.17, 15) is 8.42 Å². The van der Waals surface area contributed by atoms with Gasteiger partial charge in [-0.15, -0.1) is 0 Å². The maximum atomic E-state index is 11.5. The molecule has 0 heterocycles. The number of nitrogens with one attached hydrogen (secondary N) is 1. The molecule has 0 aromatic rings. The molecule has 0 radical (unpaired) electrons. The van der Waals surface area contributed by atoms with Gasteiger partial charge in [0.15, 0.2) is 0 Å². The van der Waals surface area contributed by atoms with Crippen molar-refractivity contribution in [1.82, 2.24) is 9.03 Å². The molecule has 0 spiro atoms. The number of rotatable bonds is 5. The van der Waals surface area contributed by atoms with Crippen molar-refractivity contribution < 1.29 is 8.42 Å². The average molecular weight is 239 g/mol. The van der Waals surface area contributed by atoms with Crippen LogP contribution in [0.2, 0.25) is 0 Å². The van der Waals surface area contributed by atoms with Crippen LogP contribution in [0.25, 0.3) is 0 Å². The Morgan fingerprint density at radius 2 is 2.00 bits per heavy atom. The molecular formula is C7H17N3O2S2. The number of thiocarbonyl (C=S) groups is 1. The van der Waals surface area contributed by atoms with E-state index in [2.05, 4.69) is 4.72 Å². The molecule has 14 heavy (non-hydrogen) atoms. The van der Waals surface area contributed by atoms with Gasteiger partial charge in [-0.1, -0.05) is 19.1 Å². The predicted octanol–water partition coefficient (Wildman–Crippen LogP) is -0.163. The maximum Gasteiger partial charge on any atom is 0.279 e. The van der Waals surface area contributed by atoms with Crippen molar-refractivity contribution in [2.45, 2.75) is 25.8 Å². The van der Waals surface area contributed by atoms with E-state index in [4.69, 9.17) is 18.0 Å². The minimum absolute atomic E-state index is 0.144. The van der Waals surface area contributed by atoms with E-state index in [0.717, 1.165) is 4.31 Å². The van der Waals surface area contributed by atoms with Gasteiger partial charge in [0, 0.05) is 14.1 Å². The lowest BCUT2D eigenvalue weighted by Gasteiger charge is -2.29. The van der Waals surface area contributed by atoms with Crippen LogP contribution in [-0.2, 0) is 10.2 Å². The Bertz CT molecular complexity index is 313. The van der Waals surface area contributed by atoms with E-state index in [-0.39, 0.29) is 4.99 Å². The Hall–Kier alpha value is -0.240. The van der Waals surface area contributed by atoms with E-state index in [1.807, 2.05) is 6.92 Å². The van der Waals surface area contributed by atoms with Crippen LogP contribution in [0.5, 0.6) is 0 Å². The molecular weight excluding hydrogens is 222 g/mol. The minimum Gasteiger partial charge on any atom is -0.392 e. The van der Waals surface area contributed by atoms with Crippen LogP contribution >= 0.6 is 12.2 Å². The molecule has 84 valence electrons. The molecule has 0 aromatic carbocycles. The fourth-order valence-electron chi connectivity index (χ4n) is 0.673. The van der Waals surface area contributed by atoms with E-state index >= 15 is 0 Å². The van der Waals surface area contributed by atoms with Gasteiger partial charge < -0.3 is 5.73 Å². The highest BCUT2D eigenvalue weighted by Gasteiger charge is 2.31. The van der Waals surface area contributed by atoms with Crippen LogP contribution in [0, 0.1) is 0 Å². The van der Waals surface area contributed by atoms with Gasteiger partial charge in [0.05, 0.1) is 10.5 Å². The SMILES string of the molecule is CCC(C)(NS(=O)(=O)N(C)C)C(N)=S. The van der Waals surface area contributed by atoms with E-state index in [0.29, 0.717) is 6.42 Å². The molecule has 1 atom stereocenters. The summed E-state index contributed by atoms with van der Waals surface area (Å²) in [5.74, 6) is 0. The molecule has 1 unspecified atom stereocenters. The number of nitrogens with two attached hydrogens (primary N) is 1. The zero-order valence-electron chi connectivity index (χ0n) is 8.86. The van der Waals surface area contributed by atoms with Crippen molar-refractivity contribution in [1.29, 1.82) is 0 Å². The second-order valence-electron chi connectivity index (χ2n) is 3.44. The van der Waals surface area contributed by atoms with Crippen LogP contribution in [0.1, 0.15) is 20.3 Å². The average Bonchev–Trinajstić information content (AvgIpc) is 2.02. The van der Waals surface area contributed by atoms with Crippen molar-refractivity contribution in [3.05, 3.63) is 0 Å². The lowest BCUT2D eigenvalue weighted by molar-refractivity contribution is 0.464. The van der Waals surface area contributed by atoms with E-state index in [1.165, 1.54) is 14.1 Å². The molecule has 0 amide bonds. The summed E-state index contributed by atoms with van der Waals surface area (Å²) in [6.07, 6.45) is 0.509. The monoisotopic (exact) mass is 239 g/mol. The van der Waals surface area contributed by atoms with Crippen molar-refractivity contribution in [3.8, 4) is 0 Å². The van der Waals surface area contributed by atoms with Crippen molar-refractivity contribution in [2.75, 3.05) is 14.1 Å². The number of hydrogen-bond donors (Lipinski definition) is 2. The van der Waals surface area contributed by atoms with Gasteiger partial charge in [-0.25, -0.2) is 0 Å². The maximum absolute atomic E-state index is 11.5. The fourth-order valence-corrected chi connectivity index (χ4v) is 1.94. The van der Waals surface area contributed by atoms with Crippen LogP contribution in [0.3, 0.4) is 0 Å². The van der Waals surface area contributed by atoms with E-state index in [1.54, 1.807) is 6.92 Å². The highest BCUT2D eigenvalue weighted by molar-refractivity contribution is 7.87. The molecule has 0 saturated carbocycles. The van der Waals surface area contributed by atoms with Crippen LogP contribution in [-0.4, -0.2) is 37.3 Å². The van der Waals surface area contributed by atoms with Gasteiger partial charge in [-0.05, 0) is 13.3 Å². The Balaban J connectivity index is 4.90. The third-order valence-corrected chi connectivity index (χ3v) is 4.21. The Kier molecular flexibility index (Phi) is 4.44. The number of nitrogens with zero attached hydrogens (tertiary/aromatic N) is 1. The third kappa shape index (κ3) is 3.16. The zero-order chi connectivity index (χ0) is 11.6. The van der Waals surface area contributed by atoms with Gasteiger partial charge >= 0.3 is 0 Å². The van der Waals surface area contributed by atoms with Crippen molar-refractivity contribution >= 4 is 27.4 Å². The molecule has 0 rings (SSSR count). The first kappa shape index (κ1) is 13.8. The summed E-state index contributed by atoms with van der Waals surface area (Å²) in [6, 6.07) is 0. The molecule has 0 aliphatic carbocycles. The lowest BCUT2D eigenvalue weighted by Crippen LogP contribution is -2.56. The van der Waals surface area contributed by atoms with E-state index < -0.39 is 15.7 Å². The standard InChI is InChI=1S/C7H17N3O2S2/c1-5-7(2,6(8)13)9-14(11,12)10(3)4/h9H,5H2,1-4H3,(H2,8,13). The summed E-state index contributed by atoms with van der Waals surface area (Å²) in [7, 11) is -0.612. The fraction of sp³-hybridized carbons (Fsp3) is 0.857. The van der Waals surface area contributed by atoms with Gasteiger partial charge in [-0.3, -0.25) is 0 Å². The molecule has 0 aliphatic rings. The molecule has 5 nitrogen and oxygen atoms in total. The Morgan fingerprint density at radius 3 is 2.21 bits per heavy atom. The predicted molar refractivity (Wildman–Crippen MR) is 61.2 cm³/mol. The Labute approximate surface area is 90.8 Å². The van der Waals surface area contributed by atoms with Gasteiger partial charge in [0.25, 0.3) is 10.2 Å². The summed E-state index contributed by atoms with van der Waals surface area (Å²) in [5.41, 5.74) is 4.61. The summed E-state index contributed by atoms with van der Waals surface area (Å²) < 4.78 is 26.6. The van der Waals surface area contributed by atoms with Gasteiger partial charge in [-0.2, -0.15) is 17.4 Å². The highest BCUT2D eigenvalue weighted by atomic mass is 32.2. The van der Waals surface area contributed by atoms with Crippen molar-refractivity contribution in [3.63, 3.8) is 0 Å². The molecule has 0 aromatic heterocycles. The van der Waals surface area contributed by atoms with Crippen LogP contribution in [0.15, 0.2) is 0 Å². The largest absolute Gasteiger partial charge is 0.392 e. The first-order chi connectivity index (χ1) is 6.15. The smallest absolute Gasteiger partial charge is 0.279 e. The summed E-state index contributed by atoms with van der Waals surface area (Å²) in [4.78, 5) is 0.144. The highest BCUT2D eigenvalue weighted by Crippen LogP contribution is 2.11. The van der Waals surface area contributed by atoms with Crippen LogP contribution < -0.4 is 10.5 Å². The van der Waals surface area contributed by atoms with Gasteiger partial charge in [0.1, 0.15) is 0 Å². The molecule has 7 heteroatoms. The third-order valence-electron chi connectivity index (χ3n) is 2.09. The number of hydrogen-bond acceptors (Lipinski definition) is 3. The zero-order valence-corrected chi connectivity index (χ0v) is 10.5. The summed E-state index contributed by atoms with van der Waals surface area (Å²) in [6.45, 7) is 3.48. The first-order valence-electron chi connectivity index (χ1n) is 4.17. The second-order valence-corrected chi connectivity index (χ2v) is 5.76. The Morgan fingerprint density at radius 1 is 1.57 bits per heavy atom. The van der Waals surface area contributed by atoms with Crippen molar-refractivity contribution in [2.24, 2.45) is 5.73 Å². The quantitative estimate of drug-likeness (QED) is 0.654. The molecule has 0 saturated heterocycles. The topological polar surface area (TPSA) is 75.4 Å². The van der Waals surface area contributed by atoms with Crippen LogP contribution in [0.4, 0.5) is 0 Å². The normalized spacial score (nSPS) is 16.6. The summed E-state index contributed by atoms with van der Waals surface area (Å²) >= 11 is 4.82. The molecule has 0 bridgehead atoms. The molecule has 0 aliphatic heterocycles. The summed E-state index contributed by atoms with van der Waals surface area (Å²) in [5, 5.41) is 0. The molecule has 0 fully saturated rings.